The fourth-order valence-corrected chi connectivity index (χ4v) is 4.03. The molecule has 0 aliphatic carbocycles. The van der Waals surface area contributed by atoms with Gasteiger partial charge in [0.15, 0.2) is 0 Å². The van der Waals surface area contributed by atoms with Gasteiger partial charge in [-0.25, -0.2) is 0 Å². The van der Waals surface area contributed by atoms with Crippen LogP contribution in [-0.4, -0.2) is 11.1 Å². The lowest BCUT2D eigenvalue weighted by molar-refractivity contribution is -0.137. The van der Waals surface area contributed by atoms with Crippen molar-refractivity contribution in [3.05, 3.63) is 24.3 Å². The number of aliphatic carboxylic acids is 1. The number of unbranched alkanes of at least 4 members (excludes halogenated alkanes) is 19. The maximum Gasteiger partial charge on any atom is 0.303 e. The first-order chi connectivity index (χ1) is 15.3. The molecule has 0 bridgehead atoms. The van der Waals surface area contributed by atoms with Crippen LogP contribution < -0.4 is 0 Å². The Kier molecular flexibility index (Phi) is 26.1. The summed E-state index contributed by atoms with van der Waals surface area (Å²) in [4.78, 5) is 10.4. The topological polar surface area (TPSA) is 37.3 Å². The molecule has 0 unspecified atom stereocenters. The van der Waals surface area contributed by atoms with Gasteiger partial charge in [0.05, 0.1) is 0 Å². The standard InChI is InChI=1S/C29H54O2/c1-2-3-4-5-6-7-8-9-10-11-12-13-14-15-16-17-18-19-20-21-22-23-24-25-26-27-28-29(30)31/h17-18,20-21H,2-16,19,22-28H2,1H3,(H,30,31). The van der Waals surface area contributed by atoms with E-state index in [0.717, 1.165) is 25.7 Å². The monoisotopic (exact) mass is 434 g/mol. The van der Waals surface area contributed by atoms with Crippen LogP contribution in [0.2, 0.25) is 0 Å². The summed E-state index contributed by atoms with van der Waals surface area (Å²) in [5.41, 5.74) is 0. The molecule has 0 aromatic heterocycles. The molecule has 0 aromatic carbocycles. The van der Waals surface area contributed by atoms with Crippen molar-refractivity contribution in [1.29, 1.82) is 0 Å². The summed E-state index contributed by atoms with van der Waals surface area (Å²) in [7, 11) is 0. The Bertz CT molecular complexity index is 411. The number of rotatable bonds is 25. The van der Waals surface area contributed by atoms with Crippen LogP contribution in [-0.2, 0) is 4.79 Å². The molecule has 0 aliphatic heterocycles. The molecule has 0 aliphatic rings. The lowest BCUT2D eigenvalue weighted by Crippen LogP contribution is -1.93. The van der Waals surface area contributed by atoms with E-state index in [9.17, 15) is 4.79 Å². The predicted molar refractivity (Wildman–Crippen MR) is 138 cm³/mol. The minimum Gasteiger partial charge on any atom is -0.481 e. The smallest absolute Gasteiger partial charge is 0.303 e. The zero-order chi connectivity index (χ0) is 22.7. The van der Waals surface area contributed by atoms with Gasteiger partial charge in [0.1, 0.15) is 0 Å². The van der Waals surface area contributed by atoms with E-state index in [4.69, 9.17) is 5.11 Å². The largest absolute Gasteiger partial charge is 0.481 e. The van der Waals surface area contributed by atoms with Crippen molar-refractivity contribution in [3.63, 3.8) is 0 Å². The SMILES string of the molecule is CCCCCCCCCCCCCCCCC=CCC=CCCCCCCCC(=O)O. The summed E-state index contributed by atoms with van der Waals surface area (Å²) in [6, 6.07) is 0. The first-order valence-corrected chi connectivity index (χ1v) is 13.8. The summed E-state index contributed by atoms with van der Waals surface area (Å²) < 4.78 is 0. The molecule has 0 heterocycles. The Morgan fingerprint density at radius 1 is 0.516 bits per heavy atom. The Morgan fingerprint density at radius 3 is 1.26 bits per heavy atom. The fourth-order valence-electron chi connectivity index (χ4n) is 4.03. The molecule has 0 saturated carbocycles. The summed E-state index contributed by atoms with van der Waals surface area (Å²) in [6.07, 6.45) is 38.5. The number of carbonyl (C=O) groups is 1. The molecule has 31 heavy (non-hydrogen) atoms. The van der Waals surface area contributed by atoms with E-state index in [1.54, 1.807) is 0 Å². The molecule has 0 atom stereocenters. The van der Waals surface area contributed by atoms with E-state index < -0.39 is 5.97 Å². The van der Waals surface area contributed by atoms with Gasteiger partial charge in [-0.3, -0.25) is 4.79 Å². The Morgan fingerprint density at radius 2 is 0.871 bits per heavy atom. The average molecular weight is 435 g/mol. The van der Waals surface area contributed by atoms with Crippen molar-refractivity contribution in [3.8, 4) is 0 Å². The number of carboxylic acid groups (broad SMARTS) is 1. The Hall–Kier alpha value is -1.05. The van der Waals surface area contributed by atoms with Crippen molar-refractivity contribution in [1.82, 2.24) is 0 Å². The summed E-state index contributed by atoms with van der Waals surface area (Å²) in [5.74, 6) is -0.666. The zero-order valence-corrected chi connectivity index (χ0v) is 20.9. The molecule has 0 spiro atoms. The van der Waals surface area contributed by atoms with E-state index in [1.165, 1.54) is 116 Å². The van der Waals surface area contributed by atoms with Crippen LogP contribution in [0.3, 0.4) is 0 Å². The highest BCUT2D eigenvalue weighted by molar-refractivity contribution is 5.66. The van der Waals surface area contributed by atoms with Gasteiger partial charge in [-0.1, -0.05) is 134 Å². The molecule has 1 N–H and O–H groups in total. The molecule has 2 nitrogen and oxygen atoms in total. The van der Waals surface area contributed by atoms with Gasteiger partial charge in [0.2, 0.25) is 0 Å². The van der Waals surface area contributed by atoms with E-state index in [2.05, 4.69) is 31.2 Å². The van der Waals surface area contributed by atoms with Crippen LogP contribution in [0.15, 0.2) is 24.3 Å². The van der Waals surface area contributed by atoms with Gasteiger partial charge in [0.25, 0.3) is 0 Å². The quantitative estimate of drug-likeness (QED) is 0.115. The normalized spacial score (nSPS) is 11.8. The minimum atomic E-state index is -0.666. The molecule has 0 radical (unpaired) electrons. The van der Waals surface area contributed by atoms with Gasteiger partial charge < -0.3 is 5.11 Å². The molecular formula is C29H54O2. The second kappa shape index (κ2) is 27.0. The summed E-state index contributed by atoms with van der Waals surface area (Å²) in [6.45, 7) is 2.29. The summed E-state index contributed by atoms with van der Waals surface area (Å²) >= 11 is 0. The fraction of sp³-hybridized carbons (Fsp3) is 0.828. The predicted octanol–water partition coefficient (Wildman–Crippen LogP) is 10.2. The van der Waals surface area contributed by atoms with Crippen molar-refractivity contribution >= 4 is 5.97 Å². The second-order valence-electron chi connectivity index (χ2n) is 9.26. The lowest BCUT2D eigenvalue weighted by atomic mass is 10.0. The molecule has 0 fully saturated rings. The highest BCUT2D eigenvalue weighted by Crippen LogP contribution is 2.13. The van der Waals surface area contributed by atoms with Crippen molar-refractivity contribution < 1.29 is 9.90 Å². The van der Waals surface area contributed by atoms with Crippen molar-refractivity contribution in [2.45, 2.75) is 155 Å². The van der Waals surface area contributed by atoms with Gasteiger partial charge >= 0.3 is 5.97 Å². The first-order valence-electron chi connectivity index (χ1n) is 13.8. The molecular weight excluding hydrogens is 380 g/mol. The molecule has 0 rings (SSSR count). The summed E-state index contributed by atoms with van der Waals surface area (Å²) in [5, 5.41) is 8.59. The van der Waals surface area contributed by atoms with Gasteiger partial charge in [-0.05, 0) is 38.5 Å². The molecule has 0 aromatic rings. The third-order valence-electron chi connectivity index (χ3n) is 6.09. The number of hydrogen-bond donors (Lipinski definition) is 1. The van der Waals surface area contributed by atoms with E-state index in [0.29, 0.717) is 6.42 Å². The van der Waals surface area contributed by atoms with Gasteiger partial charge in [-0.15, -0.1) is 0 Å². The van der Waals surface area contributed by atoms with Crippen LogP contribution in [0.1, 0.15) is 155 Å². The molecule has 2 heteroatoms. The average Bonchev–Trinajstić information content (AvgIpc) is 2.76. The zero-order valence-electron chi connectivity index (χ0n) is 20.9. The Balaban J connectivity index is 3.16. The van der Waals surface area contributed by atoms with E-state index in [-0.39, 0.29) is 0 Å². The minimum absolute atomic E-state index is 0.325. The van der Waals surface area contributed by atoms with Gasteiger partial charge in [0, 0.05) is 6.42 Å². The van der Waals surface area contributed by atoms with Crippen LogP contribution in [0.25, 0.3) is 0 Å². The van der Waals surface area contributed by atoms with Crippen molar-refractivity contribution in [2.24, 2.45) is 0 Å². The van der Waals surface area contributed by atoms with Crippen LogP contribution in [0, 0.1) is 0 Å². The molecule has 0 saturated heterocycles. The second-order valence-corrected chi connectivity index (χ2v) is 9.26. The molecule has 0 amide bonds. The first kappa shape index (κ1) is 29.9. The van der Waals surface area contributed by atoms with E-state index >= 15 is 0 Å². The third-order valence-corrected chi connectivity index (χ3v) is 6.09. The number of hydrogen-bond acceptors (Lipinski definition) is 1. The highest BCUT2D eigenvalue weighted by Gasteiger charge is 1.96. The molecule has 182 valence electrons. The lowest BCUT2D eigenvalue weighted by Gasteiger charge is -2.02. The highest BCUT2D eigenvalue weighted by atomic mass is 16.4. The van der Waals surface area contributed by atoms with Crippen LogP contribution in [0.5, 0.6) is 0 Å². The van der Waals surface area contributed by atoms with Gasteiger partial charge in [-0.2, -0.15) is 0 Å². The van der Waals surface area contributed by atoms with Crippen molar-refractivity contribution in [2.75, 3.05) is 0 Å². The van der Waals surface area contributed by atoms with Crippen LogP contribution >= 0.6 is 0 Å². The maximum atomic E-state index is 10.4. The maximum absolute atomic E-state index is 10.4. The van der Waals surface area contributed by atoms with E-state index in [1.807, 2.05) is 0 Å². The number of allylic oxidation sites excluding steroid dienone is 4. The van der Waals surface area contributed by atoms with Crippen LogP contribution in [0.4, 0.5) is 0 Å². The number of carboxylic acids is 1. The third kappa shape index (κ3) is 28.9. The Labute approximate surface area is 195 Å².